The number of carbonyl (C=O) groups is 2. The van der Waals surface area contributed by atoms with Gasteiger partial charge in [-0.05, 0) is 0 Å². The average Bonchev–Trinajstić information content (AvgIpc) is 2.34. The third-order valence-corrected chi connectivity index (χ3v) is 2.47. The number of ether oxygens (including phenoxy) is 2. The van der Waals surface area contributed by atoms with Crippen molar-refractivity contribution in [1.82, 2.24) is 4.72 Å². The highest BCUT2D eigenvalue weighted by Crippen LogP contribution is 2.04. The first-order valence-corrected chi connectivity index (χ1v) is 6.19. The molecule has 0 aromatic carbocycles. The van der Waals surface area contributed by atoms with Crippen molar-refractivity contribution in [3.63, 3.8) is 0 Å². The van der Waals surface area contributed by atoms with Crippen molar-refractivity contribution < 1.29 is 19.1 Å². The number of hydrogen-bond donors (Lipinski definition) is 2. The van der Waals surface area contributed by atoms with Crippen molar-refractivity contribution in [2.24, 2.45) is 0 Å². The van der Waals surface area contributed by atoms with Gasteiger partial charge in [0.2, 0.25) is 0 Å². The second-order valence-corrected chi connectivity index (χ2v) is 3.86. The number of hydrogen-bond acceptors (Lipinski definition) is 7. The zero-order chi connectivity index (χ0) is 13.1. The fraction of sp³-hybridized carbons (Fsp3) is 0.400. The first kappa shape index (κ1) is 16.1. The lowest BCUT2D eigenvalue weighted by Gasteiger charge is -2.13. The Balaban J connectivity index is 3.95. The summed E-state index contributed by atoms with van der Waals surface area (Å²) < 4.78 is 12.1. The third kappa shape index (κ3) is 7.89. The number of nitrogens with one attached hydrogen (secondary N) is 1. The molecule has 17 heavy (non-hydrogen) atoms. The Bertz CT molecular complexity index is 283. The number of esters is 1. The van der Waals surface area contributed by atoms with E-state index >= 15 is 0 Å². The van der Waals surface area contributed by atoms with Gasteiger partial charge < -0.3 is 9.47 Å². The minimum atomic E-state index is -0.681. The SMILES string of the molecule is C=CCOC(=O)SN[C@@H](CS)C(=O)OCC=C. The molecule has 1 atom stereocenters. The zero-order valence-electron chi connectivity index (χ0n) is 9.26. The Labute approximate surface area is 110 Å². The quantitative estimate of drug-likeness (QED) is 0.304. The smallest absolute Gasteiger partial charge is 0.382 e. The van der Waals surface area contributed by atoms with Gasteiger partial charge in [-0.15, -0.1) is 0 Å². The van der Waals surface area contributed by atoms with E-state index in [1.807, 2.05) is 0 Å². The summed E-state index contributed by atoms with van der Waals surface area (Å²) >= 11 is 4.66. The van der Waals surface area contributed by atoms with Crippen LogP contribution in [-0.4, -0.2) is 36.3 Å². The minimum absolute atomic E-state index is 0.121. The predicted molar refractivity (Wildman–Crippen MR) is 71.1 cm³/mol. The van der Waals surface area contributed by atoms with Crippen LogP contribution in [0.5, 0.6) is 0 Å². The van der Waals surface area contributed by atoms with Gasteiger partial charge in [0.25, 0.3) is 0 Å². The molecule has 0 aliphatic carbocycles. The molecule has 0 radical (unpaired) electrons. The largest absolute Gasteiger partial charge is 0.460 e. The van der Waals surface area contributed by atoms with Crippen molar-refractivity contribution >= 4 is 35.8 Å². The summed E-state index contributed by atoms with van der Waals surface area (Å²) in [6.45, 7) is 7.07. The van der Waals surface area contributed by atoms with Gasteiger partial charge in [0.1, 0.15) is 19.3 Å². The van der Waals surface area contributed by atoms with Crippen LogP contribution in [0.3, 0.4) is 0 Å². The van der Waals surface area contributed by atoms with Gasteiger partial charge in [0.05, 0.1) is 0 Å². The monoisotopic (exact) mass is 277 g/mol. The van der Waals surface area contributed by atoms with Gasteiger partial charge in [-0.2, -0.15) is 12.6 Å². The van der Waals surface area contributed by atoms with Crippen molar-refractivity contribution in [2.45, 2.75) is 6.04 Å². The van der Waals surface area contributed by atoms with Gasteiger partial charge in [0, 0.05) is 17.7 Å². The van der Waals surface area contributed by atoms with E-state index in [1.165, 1.54) is 12.2 Å². The number of rotatable bonds is 8. The molecule has 0 bridgehead atoms. The molecule has 0 fully saturated rings. The lowest BCUT2D eigenvalue weighted by molar-refractivity contribution is -0.143. The van der Waals surface area contributed by atoms with Gasteiger partial charge in [0.15, 0.2) is 0 Å². The summed E-state index contributed by atoms with van der Waals surface area (Å²) in [5.74, 6) is -0.290. The minimum Gasteiger partial charge on any atom is -0.460 e. The highest BCUT2D eigenvalue weighted by atomic mass is 32.2. The molecule has 0 saturated carbocycles. The first-order chi connectivity index (χ1) is 8.15. The topological polar surface area (TPSA) is 64.6 Å². The summed E-state index contributed by atoms with van der Waals surface area (Å²) in [5, 5.41) is -0.548. The Morgan fingerprint density at radius 2 is 1.88 bits per heavy atom. The lowest BCUT2D eigenvalue weighted by Crippen LogP contribution is -2.36. The molecule has 0 aliphatic rings. The maximum atomic E-state index is 11.4. The van der Waals surface area contributed by atoms with Crippen LogP contribution in [-0.2, 0) is 14.3 Å². The molecular formula is C10H15NO4S2. The van der Waals surface area contributed by atoms with Crippen molar-refractivity contribution in [3.8, 4) is 0 Å². The fourth-order valence-corrected chi connectivity index (χ4v) is 1.59. The Kier molecular flexibility index (Phi) is 9.69. The van der Waals surface area contributed by atoms with Gasteiger partial charge in [-0.1, -0.05) is 25.3 Å². The Morgan fingerprint density at radius 3 is 2.41 bits per heavy atom. The van der Waals surface area contributed by atoms with Crippen LogP contribution in [0.4, 0.5) is 4.79 Å². The van der Waals surface area contributed by atoms with E-state index in [-0.39, 0.29) is 19.0 Å². The van der Waals surface area contributed by atoms with E-state index in [9.17, 15) is 9.59 Å². The number of thiol groups is 1. The normalized spacial score (nSPS) is 11.4. The van der Waals surface area contributed by atoms with Crippen LogP contribution in [0.25, 0.3) is 0 Å². The summed E-state index contributed by atoms with van der Waals surface area (Å²) in [6, 6.07) is -0.681. The molecule has 0 heterocycles. The van der Waals surface area contributed by atoms with E-state index in [0.717, 1.165) is 0 Å². The average molecular weight is 277 g/mol. The zero-order valence-corrected chi connectivity index (χ0v) is 11.0. The molecule has 0 aromatic heterocycles. The second kappa shape index (κ2) is 10.2. The lowest BCUT2D eigenvalue weighted by atomic mass is 10.4. The van der Waals surface area contributed by atoms with Gasteiger partial charge in [-0.25, -0.2) is 9.52 Å². The summed E-state index contributed by atoms with van der Waals surface area (Å²) in [4.78, 5) is 22.5. The van der Waals surface area contributed by atoms with E-state index in [2.05, 4.69) is 30.5 Å². The summed E-state index contributed by atoms with van der Waals surface area (Å²) in [7, 11) is 0. The van der Waals surface area contributed by atoms with Crippen LogP contribution >= 0.6 is 24.6 Å². The molecule has 0 rings (SSSR count). The molecule has 0 aliphatic heterocycles. The summed E-state index contributed by atoms with van der Waals surface area (Å²) in [5.41, 5.74) is 0. The van der Waals surface area contributed by atoms with Crippen molar-refractivity contribution in [3.05, 3.63) is 25.3 Å². The van der Waals surface area contributed by atoms with Crippen LogP contribution in [0, 0.1) is 0 Å². The Hall–Kier alpha value is -0.920. The fourth-order valence-electron chi connectivity index (χ4n) is 0.677. The van der Waals surface area contributed by atoms with Crippen LogP contribution in [0.15, 0.2) is 25.3 Å². The molecular weight excluding hydrogens is 262 g/mol. The van der Waals surface area contributed by atoms with Crippen LogP contribution < -0.4 is 4.72 Å². The molecule has 0 unspecified atom stereocenters. The van der Waals surface area contributed by atoms with Crippen molar-refractivity contribution in [1.29, 1.82) is 0 Å². The molecule has 0 aromatic rings. The highest BCUT2D eigenvalue weighted by molar-refractivity contribution is 8.11. The predicted octanol–water partition coefficient (Wildman–Crippen LogP) is 1.57. The second-order valence-electron chi connectivity index (χ2n) is 2.72. The van der Waals surface area contributed by atoms with E-state index in [1.54, 1.807) is 0 Å². The molecule has 0 spiro atoms. The van der Waals surface area contributed by atoms with Crippen LogP contribution in [0.1, 0.15) is 0 Å². The van der Waals surface area contributed by atoms with Crippen molar-refractivity contribution in [2.75, 3.05) is 19.0 Å². The van der Waals surface area contributed by atoms with Crippen LogP contribution in [0.2, 0.25) is 0 Å². The van der Waals surface area contributed by atoms with Gasteiger partial charge >= 0.3 is 11.3 Å². The Morgan fingerprint density at radius 1 is 1.29 bits per heavy atom. The first-order valence-electron chi connectivity index (χ1n) is 4.74. The summed E-state index contributed by atoms with van der Waals surface area (Å²) in [6.07, 6.45) is 2.91. The standard InChI is InChI=1S/C10H15NO4S2/c1-3-5-14-9(12)8(7-16)11-17-10(13)15-6-4-2/h3-4,8,11,16H,1-2,5-7H2/t8-/m0/s1. The van der Waals surface area contributed by atoms with Gasteiger partial charge in [-0.3, -0.25) is 4.79 Å². The van der Waals surface area contributed by atoms with E-state index in [0.29, 0.717) is 11.9 Å². The maximum Gasteiger partial charge on any atom is 0.382 e. The van der Waals surface area contributed by atoms with E-state index in [4.69, 9.17) is 9.47 Å². The molecule has 7 heteroatoms. The molecule has 0 saturated heterocycles. The molecule has 96 valence electrons. The number of carbonyl (C=O) groups excluding carboxylic acids is 2. The third-order valence-electron chi connectivity index (χ3n) is 1.41. The highest BCUT2D eigenvalue weighted by Gasteiger charge is 2.19. The molecule has 5 nitrogen and oxygen atoms in total. The maximum absolute atomic E-state index is 11.4. The molecule has 1 N–H and O–H groups in total. The molecule has 0 amide bonds. The van der Waals surface area contributed by atoms with E-state index < -0.39 is 17.3 Å².